The molecule has 3 amide bonds. The largest absolute Gasteiger partial charge is 0.486 e. The Morgan fingerprint density at radius 3 is 2.58 bits per heavy atom. The molecule has 3 aliphatic rings. The van der Waals surface area contributed by atoms with Gasteiger partial charge in [-0.15, -0.1) is 0 Å². The smallest absolute Gasteiger partial charge is 0.324 e. The van der Waals surface area contributed by atoms with Crippen LogP contribution in [-0.2, 0) is 4.79 Å². The second-order valence-corrected chi connectivity index (χ2v) is 9.11. The third kappa shape index (κ3) is 5.14. The summed E-state index contributed by atoms with van der Waals surface area (Å²) in [6.45, 7) is 9.90. The average Bonchev–Trinajstić information content (AvgIpc) is 3.31. The van der Waals surface area contributed by atoms with Crippen LogP contribution in [-0.4, -0.2) is 73.7 Å². The van der Waals surface area contributed by atoms with Crippen LogP contribution in [0.2, 0.25) is 0 Å². The SMILES string of the molecule is CC[C@H]1CN(C(=O)N2CCC(C(=O)NCCN3CCCC3)CC2)c2cc(C)ccc2O1. The number of nitrogens with zero attached hydrogens (tertiary/aromatic N) is 3. The zero-order valence-corrected chi connectivity index (χ0v) is 18.9. The zero-order valence-electron chi connectivity index (χ0n) is 18.9. The van der Waals surface area contributed by atoms with Crippen LogP contribution in [0.1, 0.15) is 44.6 Å². The topological polar surface area (TPSA) is 65.1 Å². The molecule has 0 bridgehead atoms. The van der Waals surface area contributed by atoms with Crippen LogP contribution in [0.3, 0.4) is 0 Å². The number of benzene rings is 1. The van der Waals surface area contributed by atoms with Crippen molar-refractivity contribution in [1.82, 2.24) is 15.1 Å². The molecule has 1 atom stereocenters. The maximum atomic E-state index is 13.4. The van der Waals surface area contributed by atoms with E-state index in [0.29, 0.717) is 19.6 Å². The maximum Gasteiger partial charge on any atom is 0.324 e. The monoisotopic (exact) mass is 428 g/mol. The number of rotatable bonds is 5. The highest BCUT2D eigenvalue weighted by Crippen LogP contribution is 2.36. The number of anilines is 1. The van der Waals surface area contributed by atoms with E-state index in [-0.39, 0.29) is 24.0 Å². The minimum Gasteiger partial charge on any atom is -0.486 e. The lowest BCUT2D eigenvalue weighted by atomic mass is 9.96. The molecule has 0 aliphatic carbocycles. The van der Waals surface area contributed by atoms with Crippen molar-refractivity contribution in [2.45, 2.75) is 52.1 Å². The lowest BCUT2D eigenvalue weighted by Crippen LogP contribution is -2.52. The van der Waals surface area contributed by atoms with Crippen molar-refractivity contribution in [3.8, 4) is 5.75 Å². The Morgan fingerprint density at radius 2 is 1.87 bits per heavy atom. The van der Waals surface area contributed by atoms with Crippen LogP contribution < -0.4 is 15.0 Å². The van der Waals surface area contributed by atoms with E-state index in [1.807, 2.05) is 34.9 Å². The molecule has 7 heteroatoms. The molecule has 1 N–H and O–H groups in total. The van der Waals surface area contributed by atoms with Gasteiger partial charge in [0.1, 0.15) is 11.9 Å². The fourth-order valence-electron chi connectivity index (χ4n) is 4.84. The van der Waals surface area contributed by atoms with Gasteiger partial charge in [-0.1, -0.05) is 13.0 Å². The molecule has 1 aromatic carbocycles. The normalized spacial score (nSPS) is 22.2. The van der Waals surface area contributed by atoms with Crippen molar-refractivity contribution in [2.24, 2.45) is 5.92 Å². The lowest BCUT2D eigenvalue weighted by molar-refractivity contribution is -0.126. The van der Waals surface area contributed by atoms with Gasteiger partial charge in [0.15, 0.2) is 0 Å². The molecule has 0 unspecified atom stereocenters. The van der Waals surface area contributed by atoms with E-state index in [2.05, 4.69) is 17.1 Å². The van der Waals surface area contributed by atoms with Gasteiger partial charge in [-0.3, -0.25) is 9.69 Å². The Hall–Kier alpha value is -2.28. The highest BCUT2D eigenvalue weighted by Gasteiger charge is 2.34. The molecule has 1 aromatic rings. The summed E-state index contributed by atoms with van der Waals surface area (Å²) >= 11 is 0. The van der Waals surface area contributed by atoms with Gasteiger partial charge in [-0.05, 0) is 69.8 Å². The summed E-state index contributed by atoms with van der Waals surface area (Å²) < 4.78 is 6.06. The van der Waals surface area contributed by atoms with E-state index in [0.717, 1.165) is 62.4 Å². The molecule has 0 spiro atoms. The number of hydrogen-bond donors (Lipinski definition) is 1. The molecule has 31 heavy (non-hydrogen) atoms. The van der Waals surface area contributed by atoms with E-state index < -0.39 is 0 Å². The van der Waals surface area contributed by atoms with Gasteiger partial charge < -0.3 is 19.9 Å². The summed E-state index contributed by atoms with van der Waals surface area (Å²) in [5, 5.41) is 3.11. The highest BCUT2D eigenvalue weighted by atomic mass is 16.5. The quantitative estimate of drug-likeness (QED) is 0.783. The van der Waals surface area contributed by atoms with Crippen LogP contribution in [0, 0.1) is 12.8 Å². The summed E-state index contributed by atoms with van der Waals surface area (Å²) in [4.78, 5) is 32.1. The summed E-state index contributed by atoms with van der Waals surface area (Å²) in [7, 11) is 0. The number of likely N-dealkylation sites (tertiary alicyclic amines) is 2. The predicted molar refractivity (Wildman–Crippen MR) is 122 cm³/mol. The molecule has 7 nitrogen and oxygen atoms in total. The van der Waals surface area contributed by atoms with Crippen LogP contribution >= 0.6 is 0 Å². The number of carbonyl (C=O) groups excluding carboxylic acids is 2. The van der Waals surface area contributed by atoms with Crippen LogP contribution in [0.25, 0.3) is 0 Å². The Bertz CT molecular complexity index is 785. The van der Waals surface area contributed by atoms with E-state index in [9.17, 15) is 9.59 Å². The van der Waals surface area contributed by atoms with Crippen molar-refractivity contribution in [3.05, 3.63) is 23.8 Å². The molecule has 3 aliphatic heterocycles. The zero-order chi connectivity index (χ0) is 21.8. The van der Waals surface area contributed by atoms with E-state index in [4.69, 9.17) is 4.74 Å². The van der Waals surface area contributed by atoms with Gasteiger partial charge in [-0.2, -0.15) is 0 Å². The number of nitrogens with one attached hydrogen (secondary N) is 1. The first-order chi connectivity index (χ1) is 15.0. The number of piperidine rings is 1. The summed E-state index contributed by atoms with van der Waals surface area (Å²) in [6.07, 6.45) is 4.86. The number of amides is 3. The van der Waals surface area contributed by atoms with Crippen molar-refractivity contribution >= 4 is 17.6 Å². The molecule has 3 heterocycles. The molecule has 0 radical (unpaired) electrons. The average molecular weight is 429 g/mol. The van der Waals surface area contributed by atoms with Crippen molar-refractivity contribution in [3.63, 3.8) is 0 Å². The number of carbonyl (C=O) groups is 2. The standard InChI is InChI=1S/C24H36N4O3/c1-3-20-17-28(21-16-18(2)6-7-22(21)31-20)24(30)27-13-8-19(9-14-27)23(29)25-10-15-26-11-4-5-12-26/h6-7,16,19-20H,3-5,8-15,17H2,1-2H3,(H,25,29)/t20-/m0/s1. The Kier molecular flexibility index (Phi) is 7.00. The second-order valence-electron chi connectivity index (χ2n) is 9.11. The molecular formula is C24H36N4O3. The van der Waals surface area contributed by atoms with Crippen molar-refractivity contribution < 1.29 is 14.3 Å². The number of fused-ring (bicyclic) bond motifs is 1. The van der Waals surface area contributed by atoms with E-state index >= 15 is 0 Å². The first kappa shape index (κ1) is 21.9. The molecule has 2 saturated heterocycles. The van der Waals surface area contributed by atoms with Gasteiger partial charge in [0, 0.05) is 32.1 Å². The third-order valence-corrected chi connectivity index (χ3v) is 6.83. The third-order valence-electron chi connectivity index (χ3n) is 6.83. The second kappa shape index (κ2) is 9.90. The number of hydrogen-bond acceptors (Lipinski definition) is 4. The van der Waals surface area contributed by atoms with Crippen LogP contribution in [0.4, 0.5) is 10.5 Å². The summed E-state index contributed by atoms with van der Waals surface area (Å²) in [6, 6.07) is 6.04. The van der Waals surface area contributed by atoms with E-state index in [1.165, 1.54) is 12.8 Å². The molecule has 4 rings (SSSR count). The molecule has 2 fully saturated rings. The van der Waals surface area contributed by atoms with Gasteiger partial charge in [0.25, 0.3) is 0 Å². The summed E-state index contributed by atoms with van der Waals surface area (Å²) in [5.74, 6) is 0.930. The van der Waals surface area contributed by atoms with Crippen LogP contribution in [0.15, 0.2) is 18.2 Å². The number of aryl methyl sites for hydroxylation is 1. The van der Waals surface area contributed by atoms with Gasteiger partial charge in [0.05, 0.1) is 12.2 Å². The van der Waals surface area contributed by atoms with Crippen molar-refractivity contribution in [2.75, 3.05) is 50.7 Å². The van der Waals surface area contributed by atoms with Crippen LogP contribution in [0.5, 0.6) is 5.75 Å². The highest BCUT2D eigenvalue weighted by molar-refractivity contribution is 5.94. The van der Waals surface area contributed by atoms with Gasteiger partial charge in [0.2, 0.25) is 5.91 Å². The van der Waals surface area contributed by atoms with Gasteiger partial charge in [-0.25, -0.2) is 4.79 Å². The molecule has 0 saturated carbocycles. The first-order valence-electron chi connectivity index (χ1n) is 11.9. The lowest BCUT2D eigenvalue weighted by Gasteiger charge is -2.39. The number of ether oxygens (including phenoxy) is 1. The molecule has 0 aromatic heterocycles. The van der Waals surface area contributed by atoms with E-state index in [1.54, 1.807) is 0 Å². The van der Waals surface area contributed by atoms with Crippen molar-refractivity contribution in [1.29, 1.82) is 0 Å². The maximum absolute atomic E-state index is 13.4. The number of urea groups is 1. The Labute approximate surface area is 185 Å². The minimum absolute atomic E-state index is 0.00485. The summed E-state index contributed by atoms with van der Waals surface area (Å²) in [5.41, 5.74) is 1.97. The molecular weight excluding hydrogens is 392 g/mol. The molecule has 170 valence electrons. The Morgan fingerprint density at radius 1 is 1.13 bits per heavy atom. The fourth-order valence-corrected chi connectivity index (χ4v) is 4.84. The van der Waals surface area contributed by atoms with Gasteiger partial charge >= 0.3 is 6.03 Å². The predicted octanol–water partition coefficient (Wildman–Crippen LogP) is 3.02. The first-order valence-corrected chi connectivity index (χ1v) is 11.9. The fraction of sp³-hybridized carbons (Fsp3) is 0.667. The Balaban J connectivity index is 1.30. The minimum atomic E-state index is 0.00485.